The molecule has 0 aromatic heterocycles. The lowest BCUT2D eigenvalue weighted by Crippen LogP contribution is -2.26. The Bertz CT molecular complexity index is 191. The first-order valence-corrected chi connectivity index (χ1v) is 6.22. The molecule has 0 saturated heterocycles. The van der Waals surface area contributed by atoms with E-state index in [0.29, 0.717) is 19.1 Å². The van der Waals surface area contributed by atoms with Gasteiger partial charge in [-0.05, 0) is 12.8 Å². The molecule has 4 heteroatoms. The molecule has 94 valence electrons. The Morgan fingerprint density at radius 1 is 1.25 bits per heavy atom. The SMILES string of the molecule is COC(=O)CCNCCOC1CCCCC1. The van der Waals surface area contributed by atoms with Crippen LogP contribution in [0.5, 0.6) is 0 Å². The molecule has 1 fully saturated rings. The summed E-state index contributed by atoms with van der Waals surface area (Å²) >= 11 is 0. The van der Waals surface area contributed by atoms with Gasteiger partial charge >= 0.3 is 5.97 Å². The molecule has 0 aromatic carbocycles. The van der Waals surface area contributed by atoms with Crippen LogP contribution in [0.15, 0.2) is 0 Å². The summed E-state index contributed by atoms with van der Waals surface area (Å²) in [4.78, 5) is 10.8. The van der Waals surface area contributed by atoms with E-state index in [-0.39, 0.29) is 5.97 Å². The van der Waals surface area contributed by atoms with Crippen LogP contribution in [-0.2, 0) is 14.3 Å². The smallest absolute Gasteiger partial charge is 0.306 e. The number of ether oxygens (including phenoxy) is 2. The molecule has 1 saturated carbocycles. The summed E-state index contributed by atoms with van der Waals surface area (Å²) < 4.78 is 10.3. The van der Waals surface area contributed by atoms with Crippen molar-refractivity contribution in [3.8, 4) is 0 Å². The Morgan fingerprint density at radius 3 is 2.69 bits per heavy atom. The lowest BCUT2D eigenvalue weighted by Gasteiger charge is -2.21. The number of methoxy groups -OCH3 is 1. The van der Waals surface area contributed by atoms with Gasteiger partial charge in [0.25, 0.3) is 0 Å². The number of carbonyl (C=O) groups is 1. The maximum Gasteiger partial charge on any atom is 0.306 e. The van der Waals surface area contributed by atoms with E-state index in [1.807, 2.05) is 0 Å². The minimum atomic E-state index is -0.166. The number of rotatable bonds is 7. The molecule has 1 aliphatic rings. The van der Waals surface area contributed by atoms with Gasteiger partial charge in [0.05, 0.1) is 26.2 Å². The molecule has 1 rings (SSSR count). The molecule has 4 nitrogen and oxygen atoms in total. The van der Waals surface area contributed by atoms with Crippen molar-refractivity contribution in [2.75, 3.05) is 26.8 Å². The molecule has 0 aliphatic heterocycles. The molecular weight excluding hydrogens is 206 g/mol. The second-order valence-corrected chi connectivity index (χ2v) is 4.21. The molecule has 0 atom stereocenters. The van der Waals surface area contributed by atoms with Crippen LogP contribution in [0.1, 0.15) is 38.5 Å². The number of esters is 1. The third kappa shape index (κ3) is 6.08. The van der Waals surface area contributed by atoms with Crippen molar-refractivity contribution in [3.63, 3.8) is 0 Å². The molecule has 0 bridgehead atoms. The maximum absolute atomic E-state index is 10.8. The third-order valence-corrected chi connectivity index (χ3v) is 2.92. The number of nitrogens with one attached hydrogen (secondary N) is 1. The van der Waals surface area contributed by atoms with E-state index in [2.05, 4.69) is 10.1 Å². The molecule has 0 spiro atoms. The Morgan fingerprint density at radius 2 is 2.00 bits per heavy atom. The van der Waals surface area contributed by atoms with Crippen molar-refractivity contribution >= 4 is 5.97 Å². The maximum atomic E-state index is 10.8. The first-order valence-electron chi connectivity index (χ1n) is 6.22. The average molecular weight is 229 g/mol. The fraction of sp³-hybridized carbons (Fsp3) is 0.917. The van der Waals surface area contributed by atoms with Gasteiger partial charge in [0.2, 0.25) is 0 Å². The van der Waals surface area contributed by atoms with Crippen LogP contribution in [0.4, 0.5) is 0 Å². The molecule has 16 heavy (non-hydrogen) atoms. The molecule has 0 radical (unpaired) electrons. The molecular formula is C12H23NO3. The summed E-state index contributed by atoms with van der Waals surface area (Å²) in [6, 6.07) is 0. The van der Waals surface area contributed by atoms with E-state index in [0.717, 1.165) is 13.2 Å². The standard InChI is InChI=1S/C12H23NO3/c1-15-12(14)7-8-13-9-10-16-11-5-3-2-4-6-11/h11,13H,2-10H2,1H3. The van der Waals surface area contributed by atoms with Gasteiger partial charge in [-0.2, -0.15) is 0 Å². The van der Waals surface area contributed by atoms with Gasteiger partial charge in [0, 0.05) is 13.1 Å². The number of hydrogen-bond donors (Lipinski definition) is 1. The minimum absolute atomic E-state index is 0.166. The lowest BCUT2D eigenvalue weighted by molar-refractivity contribution is -0.140. The predicted molar refractivity (Wildman–Crippen MR) is 62.3 cm³/mol. The van der Waals surface area contributed by atoms with E-state index in [4.69, 9.17) is 4.74 Å². The second-order valence-electron chi connectivity index (χ2n) is 4.21. The van der Waals surface area contributed by atoms with Crippen LogP contribution in [0.25, 0.3) is 0 Å². The van der Waals surface area contributed by atoms with Crippen LogP contribution in [-0.4, -0.2) is 38.9 Å². The highest BCUT2D eigenvalue weighted by molar-refractivity contribution is 5.69. The molecule has 0 heterocycles. The largest absolute Gasteiger partial charge is 0.469 e. The lowest BCUT2D eigenvalue weighted by atomic mass is 9.98. The minimum Gasteiger partial charge on any atom is -0.469 e. The van der Waals surface area contributed by atoms with Crippen molar-refractivity contribution < 1.29 is 14.3 Å². The van der Waals surface area contributed by atoms with Crippen LogP contribution < -0.4 is 5.32 Å². The fourth-order valence-corrected chi connectivity index (χ4v) is 1.95. The van der Waals surface area contributed by atoms with E-state index in [9.17, 15) is 4.79 Å². The van der Waals surface area contributed by atoms with Gasteiger partial charge in [-0.25, -0.2) is 0 Å². The third-order valence-electron chi connectivity index (χ3n) is 2.92. The van der Waals surface area contributed by atoms with Gasteiger partial charge < -0.3 is 14.8 Å². The van der Waals surface area contributed by atoms with Crippen molar-refractivity contribution in [2.24, 2.45) is 0 Å². The van der Waals surface area contributed by atoms with E-state index in [1.54, 1.807) is 0 Å². The predicted octanol–water partition coefficient (Wildman–Crippen LogP) is 1.49. The van der Waals surface area contributed by atoms with Crippen molar-refractivity contribution in [2.45, 2.75) is 44.6 Å². The molecule has 0 amide bonds. The summed E-state index contributed by atoms with van der Waals surface area (Å²) in [6.45, 7) is 2.22. The van der Waals surface area contributed by atoms with Gasteiger partial charge in [-0.1, -0.05) is 19.3 Å². The van der Waals surface area contributed by atoms with Gasteiger partial charge in [0.15, 0.2) is 0 Å². The van der Waals surface area contributed by atoms with Crippen molar-refractivity contribution in [1.29, 1.82) is 0 Å². The summed E-state index contributed by atoms with van der Waals surface area (Å²) in [6.07, 6.45) is 7.29. The number of hydrogen-bond acceptors (Lipinski definition) is 4. The zero-order valence-electron chi connectivity index (χ0n) is 10.2. The van der Waals surface area contributed by atoms with Crippen LogP contribution in [0.3, 0.4) is 0 Å². The summed E-state index contributed by atoms with van der Waals surface area (Å²) in [7, 11) is 1.41. The molecule has 1 aliphatic carbocycles. The highest BCUT2D eigenvalue weighted by atomic mass is 16.5. The summed E-state index contributed by atoms with van der Waals surface area (Å²) in [5.41, 5.74) is 0. The summed E-state index contributed by atoms with van der Waals surface area (Å²) in [5.74, 6) is -0.166. The zero-order valence-corrected chi connectivity index (χ0v) is 10.2. The van der Waals surface area contributed by atoms with Crippen LogP contribution in [0.2, 0.25) is 0 Å². The quantitative estimate of drug-likeness (QED) is 0.531. The van der Waals surface area contributed by atoms with Crippen LogP contribution in [0, 0.1) is 0 Å². The number of carbonyl (C=O) groups excluding carboxylic acids is 1. The second kappa shape index (κ2) is 8.53. The Balaban J connectivity index is 1.85. The van der Waals surface area contributed by atoms with Gasteiger partial charge in [0.1, 0.15) is 0 Å². The average Bonchev–Trinajstić information content (AvgIpc) is 2.34. The van der Waals surface area contributed by atoms with Crippen molar-refractivity contribution in [1.82, 2.24) is 5.32 Å². The normalized spacial score (nSPS) is 17.3. The molecule has 0 aromatic rings. The van der Waals surface area contributed by atoms with Gasteiger partial charge in [-0.3, -0.25) is 4.79 Å². The molecule has 0 unspecified atom stereocenters. The zero-order chi connectivity index (χ0) is 11.6. The Hall–Kier alpha value is -0.610. The van der Waals surface area contributed by atoms with E-state index >= 15 is 0 Å². The Labute approximate surface area is 97.7 Å². The van der Waals surface area contributed by atoms with Gasteiger partial charge in [-0.15, -0.1) is 0 Å². The first kappa shape index (κ1) is 13.5. The monoisotopic (exact) mass is 229 g/mol. The van der Waals surface area contributed by atoms with Crippen LogP contribution >= 0.6 is 0 Å². The van der Waals surface area contributed by atoms with Crippen molar-refractivity contribution in [3.05, 3.63) is 0 Å². The Kier molecular flexibility index (Phi) is 7.17. The molecule has 1 N–H and O–H groups in total. The first-order chi connectivity index (χ1) is 7.83. The van der Waals surface area contributed by atoms with E-state index in [1.165, 1.54) is 39.2 Å². The highest BCUT2D eigenvalue weighted by Crippen LogP contribution is 2.19. The topological polar surface area (TPSA) is 47.6 Å². The fourth-order valence-electron chi connectivity index (χ4n) is 1.95. The van der Waals surface area contributed by atoms with E-state index < -0.39 is 0 Å². The summed E-state index contributed by atoms with van der Waals surface area (Å²) in [5, 5.41) is 3.16. The highest BCUT2D eigenvalue weighted by Gasteiger charge is 2.12.